The maximum absolute atomic E-state index is 13.8. The van der Waals surface area contributed by atoms with Gasteiger partial charge in [-0.05, 0) is 86.0 Å². The summed E-state index contributed by atoms with van der Waals surface area (Å²) >= 11 is 0. The quantitative estimate of drug-likeness (QED) is 0.245. The van der Waals surface area contributed by atoms with Gasteiger partial charge in [0.25, 0.3) is 0 Å². The molecule has 6 nitrogen and oxygen atoms in total. The molecule has 6 rings (SSSR count). The summed E-state index contributed by atoms with van der Waals surface area (Å²) in [5.74, 6) is 2.74. The van der Waals surface area contributed by atoms with Crippen LogP contribution in [0.2, 0.25) is 0 Å². The molecule has 3 aliphatic rings. The molecule has 0 N–H and O–H groups in total. The van der Waals surface area contributed by atoms with Gasteiger partial charge in [0.1, 0.15) is 23.9 Å². The normalized spacial score (nSPS) is 20.3. The molecule has 2 heterocycles. The third-order valence-corrected chi connectivity index (χ3v) is 9.35. The summed E-state index contributed by atoms with van der Waals surface area (Å²) in [5, 5.41) is 0. The number of methoxy groups -OCH3 is 1. The minimum atomic E-state index is -1.42. The number of ether oxygens (including phenoxy) is 4. The topological polar surface area (TPSA) is 57.2 Å². The third kappa shape index (κ3) is 6.70. The minimum Gasteiger partial charge on any atom is -0.497 e. The molecule has 1 fully saturated rings. The molecule has 0 bridgehead atoms. The van der Waals surface area contributed by atoms with Gasteiger partial charge < -0.3 is 18.9 Å². The van der Waals surface area contributed by atoms with Crippen LogP contribution in [0.1, 0.15) is 36.8 Å². The minimum absolute atomic E-state index is 0.0429. The number of piperidine rings is 1. The predicted molar refractivity (Wildman–Crippen MR) is 166 cm³/mol. The van der Waals surface area contributed by atoms with Gasteiger partial charge in [-0.2, -0.15) is 0 Å². The summed E-state index contributed by atoms with van der Waals surface area (Å²) < 4.78 is 37.9. The molecule has 1 aliphatic carbocycles. The lowest BCUT2D eigenvalue weighted by atomic mass is 10.0. The summed E-state index contributed by atoms with van der Waals surface area (Å²) in [4.78, 5) is 3.82. The fraction of sp³-hybridized carbons (Fsp3) is 0.314. The standard InChI is InChI=1S/C35H37NO5S/c1-38-31-18-19-32-33(24-31)42(37)35(27-10-12-29(13-11-27)40-25-26-8-4-2-5-9-26)34(32)41-30-16-14-28(15-17-30)39-23-22-36-20-6-3-7-21-36/h2,4-5,8-12,14-19,24,29H,3,6-7,13,20-23,25H2,1H3. The average Bonchev–Trinajstić information content (AvgIpc) is 3.32. The van der Waals surface area contributed by atoms with Crippen molar-refractivity contribution < 1.29 is 23.2 Å². The highest BCUT2D eigenvalue weighted by molar-refractivity contribution is 7.90. The molecule has 2 aliphatic heterocycles. The largest absolute Gasteiger partial charge is 0.497 e. The third-order valence-electron chi connectivity index (χ3n) is 7.82. The van der Waals surface area contributed by atoms with Crippen LogP contribution in [-0.4, -0.2) is 48.6 Å². The highest BCUT2D eigenvalue weighted by Gasteiger charge is 2.33. The van der Waals surface area contributed by atoms with E-state index < -0.39 is 10.8 Å². The van der Waals surface area contributed by atoms with Crippen molar-refractivity contribution in [3.05, 3.63) is 113 Å². The summed E-state index contributed by atoms with van der Waals surface area (Å²) in [6.45, 7) is 4.48. The Bertz CT molecular complexity index is 1490. The van der Waals surface area contributed by atoms with E-state index in [9.17, 15) is 4.21 Å². The van der Waals surface area contributed by atoms with Crippen molar-refractivity contribution in [1.29, 1.82) is 0 Å². The van der Waals surface area contributed by atoms with Crippen LogP contribution >= 0.6 is 0 Å². The summed E-state index contributed by atoms with van der Waals surface area (Å²) in [6.07, 6.45) is 10.7. The van der Waals surface area contributed by atoms with E-state index in [4.69, 9.17) is 18.9 Å². The number of hydrogen-bond acceptors (Lipinski definition) is 6. The first-order valence-corrected chi connectivity index (χ1v) is 15.8. The molecular formula is C35H37NO5S. The second-order valence-corrected chi connectivity index (χ2v) is 12.1. The van der Waals surface area contributed by atoms with Crippen molar-refractivity contribution >= 4 is 16.6 Å². The molecule has 0 aromatic heterocycles. The first kappa shape index (κ1) is 28.5. The number of benzene rings is 3. The Kier molecular flexibility index (Phi) is 9.18. The van der Waals surface area contributed by atoms with Crippen LogP contribution in [0, 0.1) is 0 Å². The number of nitrogens with zero attached hydrogens (tertiary/aromatic N) is 1. The van der Waals surface area contributed by atoms with E-state index in [0.717, 1.165) is 42.1 Å². The van der Waals surface area contributed by atoms with E-state index in [1.165, 1.54) is 19.3 Å². The molecule has 0 saturated carbocycles. The van der Waals surface area contributed by atoms with Gasteiger partial charge in [0.05, 0.1) is 40.4 Å². The lowest BCUT2D eigenvalue weighted by molar-refractivity contribution is 0.0731. The summed E-state index contributed by atoms with van der Waals surface area (Å²) in [5.41, 5.74) is 2.83. The highest BCUT2D eigenvalue weighted by Crippen LogP contribution is 2.43. The average molecular weight is 584 g/mol. The number of fused-ring (bicyclic) bond motifs is 1. The molecule has 218 valence electrons. The first-order chi connectivity index (χ1) is 20.7. The zero-order chi connectivity index (χ0) is 28.7. The number of likely N-dealkylation sites (tertiary alicyclic amines) is 1. The Labute approximate surface area is 250 Å². The van der Waals surface area contributed by atoms with E-state index in [1.807, 2.05) is 72.8 Å². The molecule has 3 aromatic rings. The van der Waals surface area contributed by atoms with Crippen LogP contribution in [0.4, 0.5) is 0 Å². The van der Waals surface area contributed by atoms with Gasteiger partial charge in [0, 0.05) is 12.1 Å². The van der Waals surface area contributed by atoms with Crippen molar-refractivity contribution in [3.63, 3.8) is 0 Å². The Balaban J connectivity index is 1.17. The van der Waals surface area contributed by atoms with Crippen LogP contribution in [0.15, 0.2) is 106 Å². The van der Waals surface area contributed by atoms with Gasteiger partial charge in [-0.1, -0.05) is 55.0 Å². The van der Waals surface area contributed by atoms with Crippen molar-refractivity contribution in [3.8, 4) is 17.2 Å². The van der Waals surface area contributed by atoms with Crippen molar-refractivity contribution in [2.45, 2.75) is 43.3 Å². The van der Waals surface area contributed by atoms with Crippen LogP contribution < -0.4 is 14.2 Å². The van der Waals surface area contributed by atoms with Gasteiger partial charge in [-0.3, -0.25) is 4.90 Å². The van der Waals surface area contributed by atoms with Crippen LogP contribution in [0.5, 0.6) is 17.2 Å². The van der Waals surface area contributed by atoms with Gasteiger partial charge in [-0.15, -0.1) is 0 Å². The fourth-order valence-corrected chi connectivity index (χ4v) is 6.98. The zero-order valence-corrected chi connectivity index (χ0v) is 24.8. The molecule has 2 atom stereocenters. The molecule has 2 unspecified atom stereocenters. The maximum Gasteiger partial charge on any atom is 0.152 e. The summed E-state index contributed by atoms with van der Waals surface area (Å²) in [7, 11) is 0.195. The fourth-order valence-electron chi connectivity index (χ4n) is 5.49. The first-order valence-electron chi connectivity index (χ1n) is 14.7. The van der Waals surface area contributed by atoms with E-state index in [2.05, 4.69) is 23.1 Å². The van der Waals surface area contributed by atoms with Gasteiger partial charge in [0.15, 0.2) is 5.76 Å². The Morgan fingerprint density at radius 1 is 0.905 bits per heavy atom. The van der Waals surface area contributed by atoms with Gasteiger partial charge >= 0.3 is 0 Å². The van der Waals surface area contributed by atoms with Crippen molar-refractivity contribution in [1.82, 2.24) is 4.90 Å². The molecule has 1 saturated heterocycles. The molecule has 3 aromatic carbocycles. The Hall–Kier alpha value is -3.65. The van der Waals surface area contributed by atoms with Crippen molar-refractivity contribution in [2.75, 3.05) is 33.4 Å². The monoisotopic (exact) mass is 583 g/mol. The smallest absolute Gasteiger partial charge is 0.152 e. The number of rotatable bonds is 11. The predicted octanol–water partition coefficient (Wildman–Crippen LogP) is 6.90. The van der Waals surface area contributed by atoms with E-state index in [0.29, 0.717) is 46.7 Å². The molecule has 0 spiro atoms. The van der Waals surface area contributed by atoms with E-state index >= 15 is 0 Å². The Morgan fingerprint density at radius 2 is 1.67 bits per heavy atom. The molecule has 0 amide bonds. The van der Waals surface area contributed by atoms with Crippen LogP contribution in [0.25, 0.3) is 5.76 Å². The van der Waals surface area contributed by atoms with Gasteiger partial charge in [-0.25, -0.2) is 4.21 Å². The second-order valence-electron chi connectivity index (χ2n) is 10.7. The lowest BCUT2D eigenvalue weighted by Crippen LogP contribution is -2.33. The SMILES string of the molecule is COc1ccc2c(c1)S(=O)C(C1=CCC(OCc3ccccc3)C=C1)=C2Oc1ccc(OCCN2CCCCC2)cc1. The summed E-state index contributed by atoms with van der Waals surface area (Å²) in [6, 6.07) is 23.5. The van der Waals surface area contributed by atoms with Gasteiger partial charge in [0.2, 0.25) is 0 Å². The Morgan fingerprint density at radius 3 is 2.40 bits per heavy atom. The maximum atomic E-state index is 13.8. The zero-order valence-electron chi connectivity index (χ0n) is 24.0. The lowest BCUT2D eigenvalue weighted by Gasteiger charge is -2.26. The second kappa shape index (κ2) is 13.6. The number of allylic oxidation sites excluding steroid dienone is 2. The van der Waals surface area contributed by atoms with E-state index in [1.54, 1.807) is 7.11 Å². The van der Waals surface area contributed by atoms with Crippen molar-refractivity contribution in [2.24, 2.45) is 0 Å². The molecule has 7 heteroatoms. The van der Waals surface area contributed by atoms with Crippen LogP contribution in [0.3, 0.4) is 0 Å². The van der Waals surface area contributed by atoms with Crippen LogP contribution in [-0.2, 0) is 22.1 Å². The molecule has 42 heavy (non-hydrogen) atoms. The highest BCUT2D eigenvalue weighted by atomic mass is 32.2. The molecular weight excluding hydrogens is 546 g/mol. The van der Waals surface area contributed by atoms with E-state index in [-0.39, 0.29) is 6.10 Å². The number of hydrogen-bond donors (Lipinski definition) is 0. The molecule has 0 radical (unpaired) electrons.